The zero-order valence-corrected chi connectivity index (χ0v) is 22.2. The number of methoxy groups -OCH3 is 2. The number of hydrogen-bond donors (Lipinski definition) is 1. The van der Waals surface area contributed by atoms with Crippen molar-refractivity contribution in [1.29, 1.82) is 0 Å². The topological polar surface area (TPSA) is 92.4 Å². The van der Waals surface area contributed by atoms with Crippen LogP contribution in [0.1, 0.15) is 40.0 Å². The molecule has 1 aliphatic rings. The van der Waals surface area contributed by atoms with Crippen molar-refractivity contribution in [2.75, 3.05) is 38.8 Å². The fourth-order valence-electron chi connectivity index (χ4n) is 4.71. The SMILES string of the molecule is COc1cc(OC)c(-c2cn3ccc(N4CCC(CCN(C(=O)O)C(C)(C)C)CC4)nc3n2)cc1Cl. The minimum Gasteiger partial charge on any atom is -0.496 e. The Balaban J connectivity index is 1.45. The number of imidazole rings is 1. The van der Waals surface area contributed by atoms with Gasteiger partial charge in [0.15, 0.2) is 0 Å². The Bertz CT molecular complexity index is 1230. The van der Waals surface area contributed by atoms with Crippen LogP contribution in [0.3, 0.4) is 0 Å². The highest BCUT2D eigenvalue weighted by molar-refractivity contribution is 6.32. The van der Waals surface area contributed by atoms with Crippen LogP contribution >= 0.6 is 11.6 Å². The third-order valence-electron chi connectivity index (χ3n) is 6.80. The first kappa shape index (κ1) is 25.9. The first-order chi connectivity index (χ1) is 17.1. The predicted molar refractivity (Wildman–Crippen MR) is 141 cm³/mol. The van der Waals surface area contributed by atoms with Crippen molar-refractivity contribution in [3.8, 4) is 22.8 Å². The standard InChI is InChI=1S/C26H34ClN5O4/c1-26(2,3)32(25(33)34)13-8-17-6-10-30(11-7-17)23-9-12-31-16-20(28-24(31)29-23)18-14-19(27)22(36-5)15-21(18)35-4/h9,12,14-17H,6-8,10-11,13H2,1-5H3,(H,33,34). The number of hydrogen-bond acceptors (Lipinski definition) is 6. The average molecular weight is 516 g/mol. The van der Waals surface area contributed by atoms with Gasteiger partial charge in [-0.1, -0.05) is 11.6 Å². The minimum absolute atomic E-state index is 0.393. The molecule has 2 aromatic heterocycles. The van der Waals surface area contributed by atoms with E-state index in [9.17, 15) is 9.90 Å². The van der Waals surface area contributed by atoms with Crippen LogP contribution in [0.15, 0.2) is 30.6 Å². The van der Waals surface area contributed by atoms with E-state index in [1.165, 1.54) is 4.90 Å². The molecule has 0 unspecified atom stereocenters. The van der Waals surface area contributed by atoms with Gasteiger partial charge < -0.3 is 24.4 Å². The number of aromatic nitrogens is 3. The molecule has 1 amide bonds. The Morgan fingerprint density at radius 1 is 1.17 bits per heavy atom. The highest BCUT2D eigenvalue weighted by atomic mass is 35.5. The molecular weight excluding hydrogens is 482 g/mol. The number of rotatable bonds is 7. The molecule has 1 saturated heterocycles. The molecule has 3 heterocycles. The van der Waals surface area contributed by atoms with E-state index < -0.39 is 11.6 Å². The molecule has 4 rings (SSSR count). The van der Waals surface area contributed by atoms with Gasteiger partial charge in [-0.2, -0.15) is 4.98 Å². The molecule has 0 spiro atoms. The second-order valence-corrected chi connectivity index (χ2v) is 10.5. The third kappa shape index (κ3) is 5.46. The monoisotopic (exact) mass is 515 g/mol. The summed E-state index contributed by atoms with van der Waals surface area (Å²) in [7, 11) is 3.17. The summed E-state index contributed by atoms with van der Waals surface area (Å²) in [5.41, 5.74) is 1.08. The van der Waals surface area contributed by atoms with E-state index in [0.717, 1.165) is 43.7 Å². The number of carboxylic acid groups (broad SMARTS) is 1. The van der Waals surface area contributed by atoms with Gasteiger partial charge in [-0.05, 0) is 58.1 Å². The quantitative estimate of drug-likeness (QED) is 0.447. The van der Waals surface area contributed by atoms with Gasteiger partial charge in [0.2, 0.25) is 5.78 Å². The zero-order chi connectivity index (χ0) is 26.0. The molecule has 1 aliphatic heterocycles. The lowest BCUT2D eigenvalue weighted by molar-refractivity contribution is 0.0949. The maximum atomic E-state index is 11.6. The number of halogens is 1. The van der Waals surface area contributed by atoms with Crippen LogP contribution in [0, 0.1) is 5.92 Å². The molecule has 1 aromatic carbocycles. The molecule has 9 nitrogen and oxygen atoms in total. The molecule has 0 saturated carbocycles. The van der Waals surface area contributed by atoms with Gasteiger partial charge in [-0.25, -0.2) is 9.78 Å². The maximum Gasteiger partial charge on any atom is 0.407 e. The lowest BCUT2D eigenvalue weighted by Gasteiger charge is -2.36. The van der Waals surface area contributed by atoms with E-state index in [2.05, 4.69) is 4.90 Å². The number of carbonyl (C=O) groups is 1. The number of piperidine rings is 1. The highest BCUT2D eigenvalue weighted by Gasteiger charge is 2.28. The molecule has 194 valence electrons. The van der Waals surface area contributed by atoms with Crippen LogP contribution in [0.25, 0.3) is 17.0 Å². The van der Waals surface area contributed by atoms with Crippen molar-refractivity contribution >= 4 is 29.3 Å². The summed E-state index contributed by atoms with van der Waals surface area (Å²) in [6, 6.07) is 5.54. The van der Waals surface area contributed by atoms with Crippen LogP contribution in [-0.2, 0) is 0 Å². The van der Waals surface area contributed by atoms with Crippen molar-refractivity contribution in [3.05, 3.63) is 35.6 Å². The van der Waals surface area contributed by atoms with E-state index >= 15 is 0 Å². The Morgan fingerprint density at radius 2 is 1.86 bits per heavy atom. The summed E-state index contributed by atoms with van der Waals surface area (Å²) in [5, 5.41) is 10.0. The summed E-state index contributed by atoms with van der Waals surface area (Å²) in [5.74, 6) is 3.15. The number of fused-ring (bicyclic) bond motifs is 1. The number of nitrogens with zero attached hydrogens (tertiary/aromatic N) is 5. The molecule has 1 fully saturated rings. The first-order valence-corrected chi connectivity index (χ1v) is 12.5. The number of benzene rings is 1. The number of anilines is 1. The van der Waals surface area contributed by atoms with E-state index in [1.807, 2.05) is 43.6 Å². The van der Waals surface area contributed by atoms with Gasteiger partial charge in [-0.15, -0.1) is 0 Å². The summed E-state index contributed by atoms with van der Waals surface area (Å²) in [6.45, 7) is 8.13. The molecule has 0 bridgehead atoms. The molecule has 1 N–H and O–H groups in total. The van der Waals surface area contributed by atoms with Gasteiger partial charge in [0.25, 0.3) is 0 Å². The van der Waals surface area contributed by atoms with Gasteiger partial charge in [0.05, 0.1) is 24.9 Å². The molecule has 36 heavy (non-hydrogen) atoms. The average Bonchev–Trinajstić information content (AvgIpc) is 3.26. The summed E-state index contributed by atoms with van der Waals surface area (Å²) < 4.78 is 12.7. The summed E-state index contributed by atoms with van der Waals surface area (Å²) in [4.78, 5) is 25.0. The number of ether oxygens (including phenoxy) is 2. The maximum absolute atomic E-state index is 11.6. The lowest BCUT2D eigenvalue weighted by atomic mass is 9.92. The minimum atomic E-state index is -0.856. The van der Waals surface area contributed by atoms with Gasteiger partial charge in [-0.3, -0.25) is 4.40 Å². The van der Waals surface area contributed by atoms with E-state index in [0.29, 0.717) is 40.5 Å². The molecule has 10 heteroatoms. The van der Waals surface area contributed by atoms with Gasteiger partial charge in [0.1, 0.15) is 17.3 Å². The van der Waals surface area contributed by atoms with Crippen LogP contribution in [-0.4, -0.2) is 69.9 Å². The van der Waals surface area contributed by atoms with E-state index in [4.69, 9.17) is 31.0 Å². The van der Waals surface area contributed by atoms with Crippen molar-refractivity contribution in [1.82, 2.24) is 19.3 Å². The van der Waals surface area contributed by atoms with Crippen molar-refractivity contribution in [3.63, 3.8) is 0 Å². The van der Waals surface area contributed by atoms with Crippen molar-refractivity contribution < 1.29 is 19.4 Å². The Labute approximate surface area is 216 Å². The second-order valence-electron chi connectivity index (χ2n) is 10.1. The van der Waals surface area contributed by atoms with Crippen LogP contribution in [0.2, 0.25) is 5.02 Å². The van der Waals surface area contributed by atoms with Crippen molar-refractivity contribution in [2.45, 2.75) is 45.6 Å². The van der Waals surface area contributed by atoms with E-state index in [1.54, 1.807) is 26.4 Å². The van der Waals surface area contributed by atoms with Crippen LogP contribution < -0.4 is 14.4 Å². The highest BCUT2D eigenvalue weighted by Crippen LogP contribution is 2.38. The normalized spacial score (nSPS) is 14.8. The predicted octanol–water partition coefficient (Wildman–Crippen LogP) is 5.45. The van der Waals surface area contributed by atoms with Crippen LogP contribution in [0.4, 0.5) is 10.6 Å². The Morgan fingerprint density at radius 3 is 2.47 bits per heavy atom. The summed E-state index contributed by atoms with van der Waals surface area (Å²) >= 11 is 6.35. The third-order valence-corrected chi connectivity index (χ3v) is 7.10. The zero-order valence-electron chi connectivity index (χ0n) is 21.5. The second kappa shape index (κ2) is 10.4. The van der Waals surface area contributed by atoms with Crippen LogP contribution in [0.5, 0.6) is 11.5 Å². The fraction of sp³-hybridized carbons (Fsp3) is 0.500. The lowest BCUT2D eigenvalue weighted by Crippen LogP contribution is -2.46. The van der Waals surface area contributed by atoms with Gasteiger partial charge in [0, 0.05) is 49.2 Å². The molecule has 0 aliphatic carbocycles. The molecule has 0 atom stereocenters. The van der Waals surface area contributed by atoms with Crippen molar-refractivity contribution in [2.24, 2.45) is 5.92 Å². The molecule has 3 aromatic rings. The Kier molecular flexibility index (Phi) is 7.49. The molecule has 0 radical (unpaired) electrons. The van der Waals surface area contributed by atoms with Gasteiger partial charge >= 0.3 is 6.09 Å². The fourth-order valence-corrected chi connectivity index (χ4v) is 4.95. The van der Waals surface area contributed by atoms with E-state index in [-0.39, 0.29) is 0 Å². The Hall–Kier alpha value is -3.20. The largest absolute Gasteiger partial charge is 0.496 e. The first-order valence-electron chi connectivity index (χ1n) is 12.1. The smallest absolute Gasteiger partial charge is 0.407 e. The summed E-state index contributed by atoms with van der Waals surface area (Å²) in [6.07, 6.45) is 5.90. The molecular formula is C26H34ClN5O4. The number of amides is 1.